The molecule has 0 aliphatic rings. The Bertz CT molecular complexity index is 1100. The van der Waals surface area contributed by atoms with E-state index in [2.05, 4.69) is 31.1 Å². The molecule has 0 aliphatic carbocycles. The Balaban J connectivity index is 1.68. The van der Waals surface area contributed by atoms with Gasteiger partial charge >= 0.3 is 0 Å². The van der Waals surface area contributed by atoms with Gasteiger partial charge < -0.3 is 0 Å². The Morgan fingerprint density at radius 2 is 1.83 bits per heavy atom. The third kappa shape index (κ3) is 5.79. The molecule has 0 fully saturated rings. The fraction of sp³-hybridized carbons (Fsp3) is 0.208. The highest BCUT2D eigenvalue weighted by atomic mass is 35.5. The molecule has 1 aromatic heterocycles. The first-order chi connectivity index (χ1) is 14.2. The van der Waals surface area contributed by atoms with E-state index >= 15 is 0 Å². The Morgan fingerprint density at radius 1 is 1.17 bits per heavy atom. The number of amides is 1. The van der Waals surface area contributed by atoms with E-state index in [9.17, 15) is 10.1 Å². The van der Waals surface area contributed by atoms with Crippen LogP contribution in [0.25, 0.3) is 6.08 Å². The molecule has 1 amide bonds. The average Bonchev–Trinajstić information content (AvgIpc) is 3.14. The molecule has 2 aromatic carbocycles. The number of hydrogen-bond donors (Lipinski definition) is 1. The first kappa shape index (κ1) is 21.8. The van der Waals surface area contributed by atoms with E-state index in [-0.39, 0.29) is 11.0 Å². The van der Waals surface area contributed by atoms with Gasteiger partial charge in [-0.2, -0.15) is 5.26 Å². The summed E-state index contributed by atoms with van der Waals surface area (Å²) < 4.78 is 0. The van der Waals surface area contributed by atoms with Crippen LogP contribution in [0.1, 0.15) is 42.3 Å². The topological polar surface area (TPSA) is 65.8 Å². The smallest absolute Gasteiger partial charge is 0.268 e. The summed E-state index contributed by atoms with van der Waals surface area (Å²) in [5.74, 6) is -0.468. The van der Waals surface area contributed by atoms with Crippen LogP contribution >= 0.6 is 22.9 Å². The van der Waals surface area contributed by atoms with Crippen LogP contribution in [-0.4, -0.2) is 10.9 Å². The molecule has 0 unspecified atom stereocenters. The van der Waals surface area contributed by atoms with Crippen molar-refractivity contribution in [1.29, 1.82) is 5.26 Å². The number of carbonyl (C=O) groups excluding carboxylic acids is 1. The van der Waals surface area contributed by atoms with Crippen LogP contribution in [0.5, 0.6) is 0 Å². The molecule has 0 aliphatic heterocycles. The second kappa shape index (κ2) is 9.25. The van der Waals surface area contributed by atoms with E-state index < -0.39 is 5.91 Å². The predicted molar refractivity (Wildman–Crippen MR) is 124 cm³/mol. The van der Waals surface area contributed by atoms with Crippen molar-refractivity contribution in [3.63, 3.8) is 0 Å². The number of aromatic nitrogens is 1. The van der Waals surface area contributed by atoms with Gasteiger partial charge in [0.15, 0.2) is 5.13 Å². The first-order valence-corrected chi connectivity index (χ1v) is 10.7. The van der Waals surface area contributed by atoms with Gasteiger partial charge in [-0.05, 0) is 40.3 Å². The molecule has 0 saturated carbocycles. The summed E-state index contributed by atoms with van der Waals surface area (Å²) >= 11 is 7.30. The van der Waals surface area contributed by atoms with Gasteiger partial charge in [0.2, 0.25) is 0 Å². The molecule has 0 atom stereocenters. The molecular weight excluding hydrogens is 414 g/mol. The fourth-order valence-corrected chi connectivity index (χ4v) is 3.78. The Kier molecular flexibility index (Phi) is 6.71. The number of carbonyl (C=O) groups is 1. The van der Waals surface area contributed by atoms with E-state index in [0.717, 1.165) is 16.0 Å². The highest BCUT2D eigenvalue weighted by Crippen LogP contribution is 2.24. The van der Waals surface area contributed by atoms with E-state index in [1.165, 1.54) is 16.9 Å². The Labute approximate surface area is 185 Å². The van der Waals surface area contributed by atoms with Gasteiger partial charge in [0.05, 0.1) is 0 Å². The van der Waals surface area contributed by atoms with Crippen LogP contribution in [0.3, 0.4) is 0 Å². The van der Waals surface area contributed by atoms with Crippen molar-refractivity contribution < 1.29 is 4.79 Å². The first-order valence-electron chi connectivity index (χ1n) is 9.47. The number of benzene rings is 2. The molecule has 0 saturated heterocycles. The number of nitrogens with zero attached hydrogens (tertiary/aromatic N) is 2. The van der Waals surface area contributed by atoms with Crippen molar-refractivity contribution in [2.45, 2.75) is 32.6 Å². The molecule has 152 valence electrons. The summed E-state index contributed by atoms with van der Waals surface area (Å²) in [6, 6.07) is 17.5. The van der Waals surface area contributed by atoms with Gasteiger partial charge in [-0.1, -0.05) is 68.8 Å². The third-order valence-electron chi connectivity index (χ3n) is 4.52. The van der Waals surface area contributed by atoms with E-state index in [4.69, 9.17) is 11.6 Å². The maximum atomic E-state index is 12.5. The number of rotatable bonds is 5. The van der Waals surface area contributed by atoms with Crippen LogP contribution in [0.4, 0.5) is 5.13 Å². The minimum Gasteiger partial charge on any atom is -0.297 e. The molecule has 3 aromatic rings. The molecular formula is C24H22ClN3OS. The summed E-state index contributed by atoms with van der Waals surface area (Å²) in [5, 5.41) is 13.3. The summed E-state index contributed by atoms with van der Waals surface area (Å²) in [7, 11) is 0. The van der Waals surface area contributed by atoms with Gasteiger partial charge in [0.1, 0.15) is 11.6 Å². The molecule has 1 N–H and O–H groups in total. The van der Waals surface area contributed by atoms with Gasteiger partial charge in [0, 0.05) is 22.5 Å². The highest BCUT2D eigenvalue weighted by molar-refractivity contribution is 7.15. The van der Waals surface area contributed by atoms with Crippen LogP contribution in [0.2, 0.25) is 5.02 Å². The normalized spacial score (nSPS) is 11.8. The summed E-state index contributed by atoms with van der Waals surface area (Å²) in [6.45, 7) is 6.42. The zero-order chi connectivity index (χ0) is 21.7. The lowest BCUT2D eigenvalue weighted by Gasteiger charge is -2.18. The zero-order valence-electron chi connectivity index (χ0n) is 17.1. The Hall–Kier alpha value is -2.94. The number of thiazole rings is 1. The van der Waals surface area contributed by atoms with Crippen LogP contribution < -0.4 is 5.32 Å². The van der Waals surface area contributed by atoms with E-state index in [0.29, 0.717) is 16.6 Å². The second-order valence-electron chi connectivity index (χ2n) is 7.93. The average molecular weight is 436 g/mol. The minimum atomic E-state index is -0.468. The molecule has 1 heterocycles. The Morgan fingerprint density at radius 3 is 2.43 bits per heavy atom. The van der Waals surface area contributed by atoms with Crippen molar-refractivity contribution in [2.24, 2.45) is 0 Å². The standard InChI is InChI=1S/C24H22ClN3OS/c1-24(2,3)19-8-4-16(5-9-19)12-18(14-26)22(29)28-23-27-15-21(30-23)13-17-6-10-20(25)11-7-17/h4-12,15H,13H2,1-3H3,(H,27,28,29)/b18-12+. The van der Waals surface area contributed by atoms with Crippen molar-refractivity contribution in [3.8, 4) is 6.07 Å². The quantitative estimate of drug-likeness (QED) is 0.381. The lowest BCUT2D eigenvalue weighted by atomic mass is 9.86. The molecule has 0 radical (unpaired) electrons. The van der Waals surface area contributed by atoms with E-state index in [1.807, 2.05) is 54.6 Å². The monoisotopic (exact) mass is 435 g/mol. The zero-order valence-corrected chi connectivity index (χ0v) is 18.6. The van der Waals surface area contributed by atoms with Crippen LogP contribution in [0, 0.1) is 11.3 Å². The maximum absolute atomic E-state index is 12.5. The van der Waals surface area contributed by atoms with E-state index in [1.54, 1.807) is 12.3 Å². The lowest BCUT2D eigenvalue weighted by molar-refractivity contribution is -0.112. The minimum absolute atomic E-state index is 0.0351. The second-order valence-corrected chi connectivity index (χ2v) is 9.48. The van der Waals surface area contributed by atoms with Gasteiger partial charge in [-0.25, -0.2) is 4.98 Å². The summed E-state index contributed by atoms with van der Waals surface area (Å²) in [6.07, 6.45) is 4.02. The lowest BCUT2D eigenvalue weighted by Crippen LogP contribution is -2.13. The number of halogens is 1. The molecule has 30 heavy (non-hydrogen) atoms. The molecule has 4 nitrogen and oxygen atoms in total. The summed E-state index contributed by atoms with van der Waals surface area (Å²) in [5.41, 5.74) is 3.19. The largest absolute Gasteiger partial charge is 0.297 e. The number of nitriles is 1. The fourth-order valence-electron chi connectivity index (χ4n) is 2.81. The summed E-state index contributed by atoms with van der Waals surface area (Å²) in [4.78, 5) is 17.8. The number of hydrogen-bond acceptors (Lipinski definition) is 4. The van der Waals surface area contributed by atoms with Crippen molar-refractivity contribution >= 4 is 40.1 Å². The van der Waals surface area contributed by atoms with Gasteiger partial charge in [-0.15, -0.1) is 11.3 Å². The third-order valence-corrected chi connectivity index (χ3v) is 5.68. The van der Waals surface area contributed by atoms with Crippen molar-refractivity contribution in [2.75, 3.05) is 5.32 Å². The molecule has 3 rings (SSSR count). The highest BCUT2D eigenvalue weighted by Gasteiger charge is 2.14. The van der Waals surface area contributed by atoms with Crippen LogP contribution in [-0.2, 0) is 16.6 Å². The molecule has 0 spiro atoms. The predicted octanol–water partition coefficient (Wildman–Crippen LogP) is 6.23. The van der Waals surface area contributed by atoms with Crippen LogP contribution in [0.15, 0.2) is 60.3 Å². The number of anilines is 1. The SMILES string of the molecule is CC(C)(C)c1ccc(/C=C(\C#N)C(=O)Nc2ncc(Cc3ccc(Cl)cc3)s2)cc1. The molecule has 0 bridgehead atoms. The van der Waals surface area contributed by atoms with Crippen molar-refractivity contribution in [3.05, 3.63) is 86.9 Å². The molecule has 6 heteroatoms. The van der Waals surface area contributed by atoms with Gasteiger partial charge in [0.25, 0.3) is 5.91 Å². The maximum Gasteiger partial charge on any atom is 0.268 e. The van der Waals surface area contributed by atoms with Crippen molar-refractivity contribution in [1.82, 2.24) is 4.98 Å². The number of nitrogens with one attached hydrogen (secondary N) is 1. The van der Waals surface area contributed by atoms with Gasteiger partial charge in [-0.3, -0.25) is 10.1 Å².